The van der Waals surface area contributed by atoms with E-state index in [0.717, 1.165) is 5.56 Å². The quantitative estimate of drug-likeness (QED) is 0.782. The zero-order chi connectivity index (χ0) is 18.4. The van der Waals surface area contributed by atoms with Gasteiger partial charge in [0, 0.05) is 16.3 Å². The van der Waals surface area contributed by atoms with Crippen molar-refractivity contribution < 1.29 is 19.1 Å². The van der Waals surface area contributed by atoms with Gasteiger partial charge in [-0.3, -0.25) is 4.79 Å². The Morgan fingerprint density at radius 2 is 1.84 bits per heavy atom. The van der Waals surface area contributed by atoms with Gasteiger partial charge in [0.25, 0.3) is 5.91 Å². The number of ether oxygens (including phenoxy) is 2. The fraction of sp³-hybridized carbons (Fsp3) is 0.263. The lowest BCUT2D eigenvalue weighted by Gasteiger charge is -2.13. The number of nitrogens with one attached hydrogen (secondary N) is 1. The second kappa shape index (κ2) is 8.53. The Morgan fingerprint density at radius 3 is 2.44 bits per heavy atom. The van der Waals surface area contributed by atoms with Crippen LogP contribution < -0.4 is 10.1 Å². The smallest absolute Gasteiger partial charge is 0.347 e. The van der Waals surface area contributed by atoms with Crippen LogP contribution in [0.4, 0.5) is 5.69 Å². The monoisotopic (exact) mass is 361 g/mol. The number of hydrogen-bond acceptors (Lipinski definition) is 4. The van der Waals surface area contributed by atoms with Crippen molar-refractivity contribution in [1.82, 2.24) is 0 Å². The summed E-state index contributed by atoms with van der Waals surface area (Å²) in [6.45, 7) is 5.52. The molecule has 0 unspecified atom stereocenters. The second-order valence-corrected chi connectivity index (χ2v) is 5.89. The van der Waals surface area contributed by atoms with Gasteiger partial charge in [-0.05, 0) is 68.8 Å². The van der Waals surface area contributed by atoms with Gasteiger partial charge in [0.1, 0.15) is 5.75 Å². The van der Waals surface area contributed by atoms with Gasteiger partial charge >= 0.3 is 5.97 Å². The molecule has 0 aliphatic rings. The molecule has 2 rings (SSSR count). The lowest BCUT2D eigenvalue weighted by Crippen LogP contribution is -2.26. The van der Waals surface area contributed by atoms with Gasteiger partial charge in [-0.1, -0.05) is 11.6 Å². The largest absolute Gasteiger partial charge is 0.479 e. The zero-order valence-electron chi connectivity index (χ0n) is 14.3. The molecule has 0 heterocycles. The molecule has 1 N–H and O–H groups in total. The van der Waals surface area contributed by atoms with Crippen molar-refractivity contribution in [1.29, 1.82) is 0 Å². The molecule has 25 heavy (non-hydrogen) atoms. The van der Waals surface area contributed by atoms with Crippen LogP contribution in [0.15, 0.2) is 42.5 Å². The number of halogens is 1. The summed E-state index contributed by atoms with van der Waals surface area (Å²) in [4.78, 5) is 23.9. The molecule has 0 aliphatic carbocycles. The van der Waals surface area contributed by atoms with Crippen LogP contribution in [0.2, 0.25) is 5.02 Å². The van der Waals surface area contributed by atoms with Gasteiger partial charge in [0.2, 0.25) is 0 Å². The number of amides is 1. The maximum Gasteiger partial charge on any atom is 0.347 e. The molecule has 6 heteroatoms. The van der Waals surface area contributed by atoms with Crippen LogP contribution in [0.3, 0.4) is 0 Å². The van der Waals surface area contributed by atoms with E-state index in [9.17, 15) is 9.59 Å². The van der Waals surface area contributed by atoms with E-state index < -0.39 is 12.1 Å². The topological polar surface area (TPSA) is 64.6 Å². The lowest BCUT2D eigenvalue weighted by atomic mass is 10.1. The molecule has 1 amide bonds. The highest BCUT2D eigenvalue weighted by Gasteiger charge is 2.16. The summed E-state index contributed by atoms with van der Waals surface area (Å²) >= 11 is 5.91. The summed E-state index contributed by atoms with van der Waals surface area (Å²) in [6.07, 6.45) is -0.712. The average Bonchev–Trinajstić information content (AvgIpc) is 2.58. The minimum atomic E-state index is -0.712. The first-order valence-corrected chi connectivity index (χ1v) is 8.29. The summed E-state index contributed by atoms with van der Waals surface area (Å²) in [5.74, 6) is -0.183. The molecule has 132 valence electrons. The highest BCUT2D eigenvalue weighted by atomic mass is 35.5. The van der Waals surface area contributed by atoms with Crippen molar-refractivity contribution in [2.75, 3.05) is 11.9 Å². The Hall–Kier alpha value is -2.53. The Kier molecular flexibility index (Phi) is 6.42. The average molecular weight is 362 g/mol. The first kappa shape index (κ1) is 18.8. The van der Waals surface area contributed by atoms with E-state index >= 15 is 0 Å². The molecule has 0 aromatic heterocycles. The van der Waals surface area contributed by atoms with Crippen LogP contribution in [0.25, 0.3) is 0 Å². The molecule has 0 fully saturated rings. The number of anilines is 1. The van der Waals surface area contributed by atoms with E-state index in [1.54, 1.807) is 56.3 Å². The molecule has 0 bridgehead atoms. The molecule has 0 saturated carbocycles. The summed E-state index contributed by atoms with van der Waals surface area (Å²) in [7, 11) is 0. The van der Waals surface area contributed by atoms with Crippen LogP contribution in [0.5, 0.6) is 5.75 Å². The number of benzene rings is 2. The first-order chi connectivity index (χ1) is 11.9. The van der Waals surface area contributed by atoms with Gasteiger partial charge in [-0.15, -0.1) is 0 Å². The highest BCUT2D eigenvalue weighted by Crippen LogP contribution is 2.21. The maximum absolute atomic E-state index is 12.3. The van der Waals surface area contributed by atoms with Crippen molar-refractivity contribution in [3.8, 4) is 5.75 Å². The minimum Gasteiger partial charge on any atom is -0.479 e. The summed E-state index contributed by atoms with van der Waals surface area (Å²) in [5, 5.41) is 3.45. The molecular formula is C19H20ClNO4. The molecule has 0 spiro atoms. The predicted octanol–water partition coefficient (Wildman–Crippen LogP) is 4.23. The van der Waals surface area contributed by atoms with Gasteiger partial charge < -0.3 is 14.8 Å². The van der Waals surface area contributed by atoms with E-state index in [2.05, 4.69) is 5.32 Å². The third kappa shape index (κ3) is 5.22. The summed E-state index contributed by atoms with van der Waals surface area (Å²) < 4.78 is 10.4. The van der Waals surface area contributed by atoms with E-state index in [4.69, 9.17) is 21.1 Å². The second-order valence-electron chi connectivity index (χ2n) is 5.45. The van der Waals surface area contributed by atoms with Crippen molar-refractivity contribution in [2.24, 2.45) is 0 Å². The Balaban J connectivity index is 2.01. The van der Waals surface area contributed by atoms with Crippen molar-refractivity contribution >= 4 is 29.2 Å². The third-order valence-corrected chi connectivity index (χ3v) is 3.72. The molecule has 5 nitrogen and oxygen atoms in total. The van der Waals surface area contributed by atoms with Gasteiger partial charge in [-0.2, -0.15) is 0 Å². The minimum absolute atomic E-state index is 0.240. The molecule has 2 aromatic carbocycles. The van der Waals surface area contributed by atoms with E-state index in [-0.39, 0.29) is 5.91 Å². The lowest BCUT2D eigenvalue weighted by molar-refractivity contribution is -0.150. The van der Waals surface area contributed by atoms with Crippen LogP contribution in [-0.4, -0.2) is 24.6 Å². The van der Waals surface area contributed by atoms with Crippen LogP contribution in [-0.2, 0) is 9.53 Å². The van der Waals surface area contributed by atoms with Gasteiger partial charge in [0.05, 0.1) is 6.61 Å². The summed E-state index contributed by atoms with van der Waals surface area (Å²) in [6, 6.07) is 11.8. The highest BCUT2D eigenvalue weighted by molar-refractivity contribution is 6.30. The Bertz CT molecular complexity index is 759. The Morgan fingerprint density at radius 1 is 1.16 bits per heavy atom. The molecule has 0 aliphatic heterocycles. The standard InChI is InChI=1S/C19H20ClNO4/c1-4-24-19(23)13(3)25-16-8-5-14(6-9-16)18(22)21-17-10-7-15(20)11-12(17)2/h5-11,13H,4H2,1-3H3,(H,21,22)/t13-/m0/s1. The first-order valence-electron chi connectivity index (χ1n) is 7.91. The molecule has 0 saturated heterocycles. The number of carbonyl (C=O) groups is 2. The third-order valence-electron chi connectivity index (χ3n) is 3.48. The van der Waals surface area contributed by atoms with Crippen LogP contribution in [0.1, 0.15) is 29.8 Å². The normalized spacial score (nSPS) is 11.5. The fourth-order valence-electron chi connectivity index (χ4n) is 2.16. The van der Waals surface area contributed by atoms with Crippen molar-refractivity contribution in [3.63, 3.8) is 0 Å². The molecule has 1 atom stereocenters. The zero-order valence-corrected chi connectivity index (χ0v) is 15.1. The van der Waals surface area contributed by atoms with Gasteiger partial charge in [-0.25, -0.2) is 4.79 Å². The molecule has 0 radical (unpaired) electrons. The van der Waals surface area contributed by atoms with Crippen molar-refractivity contribution in [2.45, 2.75) is 26.9 Å². The molecule has 2 aromatic rings. The van der Waals surface area contributed by atoms with Gasteiger partial charge in [0.15, 0.2) is 6.10 Å². The summed E-state index contributed by atoms with van der Waals surface area (Å²) in [5.41, 5.74) is 2.06. The number of rotatable bonds is 6. The predicted molar refractivity (Wildman–Crippen MR) is 97.3 cm³/mol. The maximum atomic E-state index is 12.3. The van der Waals surface area contributed by atoms with Crippen molar-refractivity contribution in [3.05, 3.63) is 58.6 Å². The van der Waals surface area contributed by atoms with E-state index in [1.807, 2.05) is 6.92 Å². The fourth-order valence-corrected chi connectivity index (χ4v) is 2.39. The van der Waals surface area contributed by atoms with Crippen LogP contribution >= 0.6 is 11.6 Å². The number of aryl methyl sites for hydroxylation is 1. The van der Waals surface area contributed by atoms with E-state index in [1.165, 1.54) is 0 Å². The SMILES string of the molecule is CCOC(=O)[C@H](C)Oc1ccc(C(=O)Nc2ccc(Cl)cc2C)cc1. The number of hydrogen-bond donors (Lipinski definition) is 1. The van der Waals surface area contributed by atoms with E-state index in [0.29, 0.717) is 28.6 Å². The Labute approximate surface area is 151 Å². The number of carbonyl (C=O) groups excluding carboxylic acids is 2. The molecular weight excluding hydrogens is 342 g/mol. The number of esters is 1. The van der Waals surface area contributed by atoms with Crippen LogP contribution in [0, 0.1) is 6.92 Å².